The lowest BCUT2D eigenvalue weighted by molar-refractivity contribution is -0.118. The van der Waals surface area contributed by atoms with Crippen molar-refractivity contribution in [3.05, 3.63) is 65.7 Å². The van der Waals surface area contributed by atoms with Gasteiger partial charge in [0, 0.05) is 12.6 Å². The fourth-order valence-electron chi connectivity index (χ4n) is 2.48. The maximum Gasteiger partial charge on any atom is 0.253 e. The summed E-state index contributed by atoms with van der Waals surface area (Å²) in [5.41, 5.74) is 1.24. The standard InChI is InChI=1S/C20H23N3O3/c1-13(2)17(23-18(24)14-9-5-4-6-10-14)20(26)22-16-12-8-7-11-15(16)19(25)21-3/h4-13,17H,1-3H3,(H,21,25)(H,22,26)(H,23,24)/t17-/m0/s1. The molecule has 0 radical (unpaired) electrons. The smallest absolute Gasteiger partial charge is 0.253 e. The van der Waals surface area contributed by atoms with Crippen molar-refractivity contribution in [1.29, 1.82) is 0 Å². The van der Waals surface area contributed by atoms with E-state index in [-0.39, 0.29) is 23.6 Å². The van der Waals surface area contributed by atoms with E-state index in [9.17, 15) is 14.4 Å². The second kappa shape index (κ2) is 8.80. The Morgan fingerprint density at radius 3 is 2.08 bits per heavy atom. The van der Waals surface area contributed by atoms with E-state index in [4.69, 9.17) is 0 Å². The van der Waals surface area contributed by atoms with E-state index < -0.39 is 6.04 Å². The summed E-state index contributed by atoms with van der Waals surface area (Å²) in [5, 5.41) is 8.05. The number of amides is 3. The number of para-hydroxylation sites is 1. The van der Waals surface area contributed by atoms with Crippen LogP contribution in [0.25, 0.3) is 0 Å². The third-order valence-electron chi connectivity index (χ3n) is 3.93. The number of hydrogen-bond donors (Lipinski definition) is 3. The molecule has 0 saturated heterocycles. The molecule has 0 heterocycles. The van der Waals surface area contributed by atoms with Crippen LogP contribution in [0.1, 0.15) is 34.6 Å². The van der Waals surface area contributed by atoms with Gasteiger partial charge in [0.25, 0.3) is 11.8 Å². The number of benzene rings is 2. The summed E-state index contributed by atoms with van der Waals surface area (Å²) in [6.45, 7) is 3.69. The molecule has 3 amide bonds. The highest BCUT2D eigenvalue weighted by atomic mass is 16.2. The Kier molecular flexibility index (Phi) is 6.49. The van der Waals surface area contributed by atoms with Crippen molar-refractivity contribution in [2.75, 3.05) is 12.4 Å². The molecule has 26 heavy (non-hydrogen) atoms. The van der Waals surface area contributed by atoms with E-state index in [1.165, 1.54) is 7.05 Å². The Morgan fingerprint density at radius 2 is 1.46 bits per heavy atom. The van der Waals surface area contributed by atoms with E-state index in [1.54, 1.807) is 48.5 Å². The molecule has 0 fully saturated rings. The van der Waals surface area contributed by atoms with Crippen molar-refractivity contribution in [3.63, 3.8) is 0 Å². The van der Waals surface area contributed by atoms with Gasteiger partial charge in [-0.1, -0.05) is 44.2 Å². The summed E-state index contributed by atoms with van der Waals surface area (Å²) in [5.74, 6) is -1.12. The van der Waals surface area contributed by atoms with Crippen LogP contribution >= 0.6 is 0 Å². The normalized spacial score (nSPS) is 11.5. The summed E-state index contributed by atoms with van der Waals surface area (Å²) < 4.78 is 0. The predicted molar refractivity (Wildman–Crippen MR) is 101 cm³/mol. The second-order valence-corrected chi connectivity index (χ2v) is 6.18. The van der Waals surface area contributed by atoms with Crippen molar-refractivity contribution < 1.29 is 14.4 Å². The number of carbonyl (C=O) groups excluding carboxylic acids is 3. The largest absolute Gasteiger partial charge is 0.355 e. The second-order valence-electron chi connectivity index (χ2n) is 6.18. The van der Waals surface area contributed by atoms with Gasteiger partial charge in [-0.15, -0.1) is 0 Å². The molecule has 0 aromatic heterocycles. The van der Waals surface area contributed by atoms with Gasteiger partial charge in [-0.3, -0.25) is 14.4 Å². The van der Waals surface area contributed by atoms with Crippen molar-refractivity contribution in [3.8, 4) is 0 Å². The molecule has 6 nitrogen and oxygen atoms in total. The van der Waals surface area contributed by atoms with Gasteiger partial charge < -0.3 is 16.0 Å². The van der Waals surface area contributed by atoms with Crippen molar-refractivity contribution in [2.24, 2.45) is 5.92 Å². The van der Waals surface area contributed by atoms with E-state index >= 15 is 0 Å². The summed E-state index contributed by atoms with van der Waals surface area (Å²) in [4.78, 5) is 37.1. The lowest BCUT2D eigenvalue weighted by atomic mass is 10.0. The maximum atomic E-state index is 12.7. The Labute approximate surface area is 153 Å². The van der Waals surface area contributed by atoms with Crippen LogP contribution in [0, 0.1) is 5.92 Å². The van der Waals surface area contributed by atoms with Crippen LogP contribution in [-0.2, 0) is 4.79 Å². The van der Waals surface area contributed by atoms with Gasteiger partial charge in [-0.05, 0) is 30.2 Å². The zero-order valence-corrected chi connectivity index (χ0v) is 15.1. The van der Waals surface area contributed by atoms with Crippen LogP contribution in [0.2, 0.25) is 0 Å². The third kappa shape index (κ3) is 4.69. The molecule has 0 spiro atoms. The zero-order chi connectivity index (χ0) is 19.1. The van der Waals surface area contributed by atoms with Gasteiger partial charge in [0.2, 0.25) is 5.91 Å². The fraction of sp³-hybridized carbons (Fsp3) is 0.250. The maximum absolute atomic E-state index is 12.7. The van der Waals surface area contributed by atoms with E-state index in [0.29, 0.717) is 16.8 Å². The van der Waals surface area contributed by atoms with Gasteiger partial charge in [-0.2, -0.15) is 0 Å². The van der Waals surface area contributed by atoms with Gasteiger partial charge in [0.05, 0.1) is 11.3 Å². The van der Waals surface area contributed by atoms with Crippen LogP contribution in [0.5, 0.6) is 0 Å². The molecule has 0 saturated carbocycles. The van der Waals surface area contributed by atoms with Gasteiger partial charge in [0.1, 0.15) is 6.04 Å². The molecule has 0 bridgehead atoms. The first kappa shape index (κ1) is 19.2. The lowest BCUT2D eigenvalue weighted by Gasteiger charge is -2.22. The van der Waals surface area contributed by atoms with Gasteiger partial charge in [0.15, 0.2) is 0 Å². The summed E-state index contributed by atoms with van der Waals surface area (Å²) >= 11 is 0. The highest BCUT2D eigenvalue weighted by Crippen LogP contribution is 2.16. The molecular weight excluding hydrogens is 330 g/mol. The summed E-state index contributed by atoms with van der Waals surface area (Å²) in [6, 6.07) is 14.7. The number of nitrogens with one attached hydrogen (secondary N) is 3. The molecule has 2 aromatic carbocycles. The minimum Gasteiger partial charge on any atom is -0.355 e. The molecule has 0 aliphatic heterocycles. The molecule has 2 rings (SSSR count). The van der Waals surface area contributed by atoms with E-state index in [0.717, 1.165) is 0 Å². The number of carbonyl (C=O) groups is 3. The number of hydrogen-bond acceptors (Lipinski definition) is 3. The van der Waals surface area contributed by atoms with Crippen LogP contribution in [0.4, 0.5) is 5.69 Å². The first-order chi connectivity index (χ1) is 12.4. The predicted octanol–water partition coefficient (Wildman–Crippen LogP) is 2.44. The highest BCUT2D eigenvalue weighted by Gasteiger charge is 2.25. The van der Waals surface area contributed by atoms with Crippen LogP contribution < -0.4 is 16.0 Å². The minimum atomic E-state index is -0.736. The van der Waals surface area contributed by atoms with E-state index in [1.807, 2.05) is 19.9 Å². The summed E-state index contributed by atoms with van der Waals surface area (Å²) in [7, 11) is 1.53. The third-order valence-corrected chi connectivity index (χ3v) is 3.93. The van der Waals surface area contributed by atoms with Gasteiger partial charge in [-0.25, -0.2) is 0 Å². The SMILES string of the molecule is CNC(=O)c1ccccc1NC(=O)[C@@H](NC(=O)c1ccccc1)C(C)C. The first-order valence-electron chi connectivity index (χ1n) is 8.42. The molecular formula is C20H23N3O3. The topological polar surface area (TPSA) is 87.3 Å². The lowest BCUT2D eigenvalue weighted by Crippen LogP contribution is -2.47. The Morgan fingerprint density at radius 1 is 0.846 bits per heavy atom. The van der Waals surface area contributed by atoms with Crippen LogP contribution in [-0.4, -0.2) is 30.8 Å². The molecule has 136 valence electrons. The average molecular weight is 353 g/mol. The monoisotopic (exact) mass is 353 g/mol. The molecule has 6 heteroatoms. The van der Waals surface area contributed by atoms with Crippen LogP contribution in [0.3, 0.4) is 0 Å². The zero-order valence-electron chi connectivity index (χ0n) is 15.1. The molecule has 0 unspecified atom stereocenters. The minimum absolute atomic E-state index is 0.130. The first-order valence-corrected chi connectivity index (χ1v) is 8.42. The average Bonchev–Trinajstić information content (AvgIpc) is 2.66. The Hall–Kier alpha value is -3.15. The van der Waals surface area contributed by atoms with E-state index in [2.05, 4.69) is 16.0 Å². The Balaban J connectivity index is 2.17. The molecule has 3 N–H and O–H groups in total. The quantitative estimate of drug-likeness (QED) is 0.745. The molecule has 0 aliphatic carbocycles. The molecule has 1 atom stereocenters. The number of rotatable bonds is 6. The van der Waals surface area contributed by atoms with Crippen molar-refractivity contribution >= 4 is 23.4 Å². The highest BCUT2D eigenvalue weighted by molar-refractivity contribution is 6.06. The number of anilines is 1. The van der Waals surface area contributed by atoms with Crippen LogP contribution in [0.15, 0.2) is 54.6 Å². The summed E-state index contributed by atoms with van der Waals surface area (Å²) in [6.07, 6.45) is 0. The van der Waals surface area contributed by atoms with Gasteiger partial charge >= 0.3 is 0 Å². The fourth-order valence-corrected chi connectivity index (χ4v) is 2.48. The Bertz CT molecular complexity index is 788. The van der Waals surface area contributed by atoms with Crippen molar-refractivity contribution in [2.45, 2.75) is 19.9 Å². The molecule has 0 aliphatic rings. The van der Waals surface area contributed by atoms with Crippen molar-refractivity contribution in [1.82, 2.24) is 10.6 Å². The molecule has 2 aromatic rings.